The van der Waals surface area contributed by atoms with Crippen LogP contribution in [0, 0.1) is 0 Å². The number of para-hydroxylation sites is 3. The molecule has 0 heterocycles. The summed E-state index contributed by atoms with van der Waals surface area (Å²) < 4.78 is 5.06. The molecule has 0 fully saturated rings. The van der Waals surface area contributed by atoms with Crippen molar-refractivity contribution in [3.63, 3.8) is 0 Å². The summed E-state index contributed by atoms with van der Waals surface area (Å²) in [5.74, 6) is -0.846. The van der Waals surface area contributed by atoms with E-state index in [-0.39, 0.29) is 0 Å². The molecule has 0 saturated carbocycles. The van der Waals surface area contributed by atoms with E-state index in [0.29, 0.717) is 22.8 Å². The Bertz CT molecular complexity index is 925. The van der Waals surface area contributed by atoms with Gasteiger partial charge in [-0.1, -0.05) is 30.3 Å². The Morgan fingerprint density at radius 2 is 1.26 bits per heavy atom. The molecule has 0 aliphatic carbocycles. The van der Waals surface area contributed by atoms with Crippen LogP contribution in [-0.4, -0.2) is 18.9 Å². The summed E-state index contributed by atoms with van der Waals surface area (Å²) in [6, 6.07) is 23.5. The predicted molar refractivity (Wildman–Crippen MR) is 106 cm³/mol. The van der Waals surface area contributed by atoms with Crippen molar-refractivity contribution >= 4 is 34.6 Å². The van der Waals surface area contributed by atoms with Crippen molar-refractivity contribution in [1.82, 2.24) is 0 Å². The molecule has 0 aliphatic rings. The Morgan fingerprint density at radius 1 is 0.667 bits per heavy atom. The molecule has 0 saturated heterocycles. The molecule has 0 atom stereocenters. The lowest BCUT2D eigenvalue weighted by Gasteiger charge is -2.13. The van der Waals surface area contributed by atoms with Crippen LogP contribution in [0.3, 0.4) is 0 Å². The van der Waals surface area contributed by atoms with Crippen LogP contribution >= 0.6 is 0 Å². The Hall–Kier alpha value is -3.80. The molecule has 6 heteroatoms. The maximum atomic E-state index is 12.3. The number of hydrogen-bond acceptors (Lipinski definition) is 4. The van der Waals surface area contributed by atoms with Gasteiger partial charge in [0.2, 0.25) is 0 Å². The van der Waals surface area contributed by atoms with Crippen molar-refractivity contribution in [2.75, 3.05) is 23.1 Å². The molecule has 3 N–H and O–H groups in total. The van der Waals surface area contributed by atoms with Crippen LogP contribution in [0.1, 0.15) is 0 Å². The minimum absolute atomic E-state index is 0.506. The lowest BCUT2D eigenvalue weighted by atomic mass is 10.2. The molecule has 3 aromatic rings. The zero-order chi connectivity index (χ0) is 19.1. The van der Waals surface area contributed by atoms with Gasteiger partial charge in [0.1, 0.15) is 5.75 Å². The Kier molecular flexibility index (Phi) is 5.69. The van der Waals surface area contributed by atoms with Crippen molar-refractivity contribution in [3.05, 3.63) is 78.9 Å². The maximum absolute atomic E-state index is 12.3. The highest BCUT2D eigenvalue weighted by molar-refractivity contribution is 6.43. The first-order valence-corrected chi connectivity index (χ1v) is 8.33. The van der Waals surface area contributed by atoms with Crippen molar-refractivity contribution in [2.45, 2.75) is 0 Å². The van der Waals surface area contributed by atoms with Gasteiger partial charge in [0, 0.05) is 11.4 Å². The average Bonchev–Trinajstić information content (AvgIpc) is 2.71. The van der Waals surface area contributed by atoms with Crippen LogP contribution < -0.4 is 20.7 Å². The Morgan fingerprint density at radius 3 is 1.93 bits per heavy atom. The topological polar surface area (TPSA) is 79.5 Å². The number of ether oxygens (including phenoxy) is 1. The highest BCUT2D eigenvalue weighted by atomic mass is 16.5. The fourth-order valence-electron chi connectivity index (χ4n) is 2.42. The largest absolute Gasteiger partial charge is 0.497 e. The van der Waals surface area contributed by atoms with Gasteiger partial charge < -0.3 is 20.7 Å². The van der Waals surface area contributed by atoms with Gasteiger partial charge >= 0.3 is 11.8 Å². The zero-order valence-corrected chi connectivity index (χ0v) is 14.7. The summed E-state index contributed by atoms with van der Waals surface area (Å²) in [6.07, 6.45) is 0. The number of carbonyl (C=O) groups excluding carboxylic acids is 2. The third-order valence-corrected chi connectivity index (χ3v) is 3.78. The molecule has 0 radical (unpaired) electrons. The Balaban J connectivity index is 1.67. The smallest absolute Gasteiger partial charge is 0.314 e. The number of amides is 2. The van der Waals surface area contributed by atoms with E-state index >= 15 is 0 Å². The van der Waals surface area contributed by atoms with Gasteiger partial charge in [-0.25, -0.2) is 0 Å². The van der Waals surface area contributed by atoms with Crippen molar-refractivity contribution in [2.24, 2.45) is 0 Å². The van der Waals surface area contributed by atoms with Crippen LogP contribution in [0.4, 0.5) is 22.7 Å². The predicted octanol–water partition coefficient (Wildman–Crippen LogP) is 4.02. The number of anilines is 4. The molecule has 6 nitrogen and oxygen atoms in total. The highest BCUT2D eigenvalue weighted by Crippen LogP contribution is 2.25. The summed E-state index contributed by atoms with van der Waals surface area (Å²) in [4.78, 5) is 24.4. The molecule has 3 rings (SSSR count). The molecule has 3 aromatic carbocycles. The molecule has 0 unspecified atom stereocenters. The van der Waals surface area contributed by atoms with Gasteiger partial charge in [0.25, 0.3) is 0 Å². The van der Waals surface area contributed by atoms with Crippen LogP contribution in [-0.2, 0) is 9.59 Å². The van der Waals surface area contributed by atoms with Crippen LogP contribution in [0.5, 0.6) is 5.75 Å². The second-order valence-corrected chi connectivity index (χ2v) is 5.67. The second-order valence-electron chi connectivity index (χ2n) is 5.67. The molecule has 0 bridgehead atoms. The molecule has 0 aliphatic heterocycles. The van der Waals surface area contributed by atoms with Crippen LogP contribution in [0.2, 0.25) is 0 Å². The molecular formula is C21H19N3O3. The normalized spacial score (nSPS) is 9.96. The Labute approximate surface area is 157 Å². The summed E-state index contributed by atoms with van der Waals surface area (Å²) in [7, 11) is 1.56. The number of nitrogens with one attached hydrogen (secondary N) is 3. The van der Waals surface area contributed by atoms with Crippen molar-refractivity contribution < 1.29 is 14.3 Å². The molecule has 136 valence electrons. The number of hydrogen-bond donors (Lipinski definition) is 3. The zero-order valence-electron chi connectivity index (χ0n) is 14.7. The van der Waals surface area contributed by atoms with Crippen molar-refractivity contribution in [3.8, 4) is 5.75 Å². The van der Waals surface area contributed by atoms with Gasteiger partial charge in [-0.05, 0) is 48.5 Å². The fourth-order valence-corrected chi connectivity index (χ4v) is 2.42. The van der Waals surface area contributed by atoms with Gasteiger partial charge in [-0.15, -0.1) is 0 Å². The first-order valence-electron chi connectivity index (χ1n) is 8.33. The first-order chi connectivity index (χ1) is 13.2. The van der Waals surface area contributed by atoms with E-state index in [9.17, 15) is 9.59 Å². The molecular weight excluding hydrogens is 342 g/mol. The van der Waals surface area contributed by atoms with E-state index in [1.54, 1.807) is 43.5 Å². The minimum Gasteiger partial charge on any atom is -0.497 e. The molecule has 27 heavy (non-hydrogen) atoms. The van der Waals surface area contributed by atoms with Crippen LogP contribution in [0.15, 0.2) is 78.9 Å². The summed E-state index contributed by atoms with van der Waals surface area (Å²) in [6.45, 7) is 0. The fraction of sp³-hybridized carbons (Fsp3) is 0.0476. The quantitative estimate of drug-likeness (QED) is 0.600. The standard InChI is InChI=1S/C21H19N3O3/c1-27-17-13-11-16(12-14-17)23-20(25)21(26)24-19-10-6-5-9-18(19)22-15-7-3-2-4-8-15/h2-14,22H,1H3,(H,23,25)(H,24,26). The minimum atomic E-state index is -0.756. The maximum Gasteiger partial charge on any atom is 0.314 e. The van der Waals surface area contributed by atoms with Crippen molar-refractivity contribution in [1.29, 1.82) is 0 Å². The lowest BCUT2D eigenvalue weighted by Crippen LogP contribution is -2.29. The first kappa shape index (κ1) is 18.0. The lowest BCUT2D eigenvalue weighted by molar-refractivity contribution is -0.132. The van der Waals surface area contributed by atoms with E-state index in [0.717, 1.165) is 5.69 Å². The van der Waals surface area contributed by atoms with E-state index in [1.807, 2.05) is 42.5 Å². The molecule has 0 spiro atoms. The summed E-state index contributed by atoms with van der Waals surface area (Å²) in [5, 5.41) is 8.41. The van der Waals surface area contributed by atoms with Gasteiger partial charge in [0.15, 0.2) is 0 Å². The SMILES string of the molecule is COc1ccc(NC(=O)C(=O)Nc2ccccc2Nc2ccccc2)cc1. The number of carbonyl (C=O) groups is 2. The van der Waals surface area contributed by atoms with E-state index in [4.69, 9.17) is 4.74 Å². The van der Waals surface area contributed by atoms with E-state index < -0.39 is 11.8 Å². The van der Waals surface area contributed by atoms with Gasteiger partial charge in [0.05, 0.1) is 18.5 Å². The molecule has 2 amide bonds. The highest BCUT2D eigenvalue weighted by Gasteiger charge is 2.15. The van der Waals surface area contributed by atoms with Gasteiger partial charge in [-0.3, -0.25) is 9.59 Å². The van der Waals surface area contributed by atoms with Gasteiger partial charge in [-0.2, -0.15) is 0 Å². The third-order valence-electron chi connectivity index (χ3n) is 3.78. The van der Waals surface area contributed by atoms with Crippen LogP contribution in [0.25, 0.3) is 0 Å². The van der Waals surface area contributed by atoms with E-state index in [2.05, 4.69) is 16.0 Å². The summed E-state index contributed by atoms with van der Waals surface area (Å²) >= 11 is 0. The van der Waals surface area contributed by atoms with E-state index in [1.165, 1.54) is 0 Å². The second kappa shape index (κ2) is 8.53. The third kappa shape index (κ3) is 4.85. The number of methoxy groups -OCH3 is 1. The average molecular weight is 361 g/mol. The monoisotopic (exact) mass is 361 g/mol. The molecule has 0 aromatic heterocycles. The summed E-state index contributed by atoms with van der Waals surface area (Å²) in [5.41, 5.74) is 2.58. The number of rotatable bonds is 5. The number of benzene rings is 3.